The molecule has 0 fully saturated rings. The Morgan fingerprint density at radius 1 is 0.700 bits per heavy atom. The predicted molar refractivity (Wildman–Crippen MR) is 166 cm³/mol. The van der Waals surface area contributed by atoms with Crippen molar-refractivity contribution in [3.63, 3.8) is 0 Å². The molecule has 5 heteroatoms. The van der Waals surface area contributed by atoms with Gasteiger partial charge in [-0.15, -0.1) is 0 Å². The Balaban J connectivity index is 1.33. The van der Waals surface area contributed by atoms with Gasteiger partial charge in [0.25, 0.3) is 0 Å². The molecule has 0 bridgehead atoms. The second-order valence-electron chi connectivity index (χ2n) is 11.5. The Morgan fingerprint density at radius 3 is 2.25 bits per heavy atom. The molecule has 6 aromatic rings. The Kier molecular flexibility index (Phi) is 5.56. The van der Waals surface area contributed by atoms with Crippen molar-refractivity contribution in [3.8, 4) is 17.3 Å². The minimum Gasteiger partial charge on any atom is -0.457 e. The largest absolute Gasteiger partial charge is 0.457 e. The fraction of sp³-hybridized carbons (Fsp3) is 0.171. The van der Waals surface area contributed by atoms with E-state index >= 15 is 0 Å². The van der Waals surface area contributed by atoms with Gasteiger partial charge in [0.1, 0.15) is 17.3 Å². The summed E-state index contributed by atoms with van der Waals surface area (Å²) in [7, 11) is 2.14. The van der Waals surface area contributed by atoms with Gasteiger partial charge >= 0.3 is 0 Å². The summed E-state index contributed by atoms with van der Waals surface area (Å²) in [6.45, 7) is 7.54. The van der Waals surface area contributed by atoms with Crippen LogP contribution in [0.2, 0.25) is 0 Å². The highest BCUT2D eigenvalue weighted by atomic mass is 16.5. The topological polar surface area (TPSA) is 33.5 Å². The van der Waals surface area contributed by atoms with Gasteiger partial charge in [0, 0.05) is 35.8 Å². The van der Waals surface area contributed by atoms with Crippen LogP contribution in [0.25, 0.3) is 27.6 Å². The molecule has 5 nitrogen and oxygen atoms in total. The minimum absolute atomic E-state index is 0.0284. The summed E-state index contributed by atoms with van der Waals surface area (Å²) in [6, 6.07) is 36.0. The molecule has 40 heavy (non-hydrogen) atoms. The quantitative estimate of drug-likeness (QED) is 0.231. The van der Waals surface area contributed by atoms with E-state index in [-0.39, 0.29) is 5.41 Å². The van der Waals surface area contributed by atoms with Crippen LogP contribution >= 0.6 is 0 Å². The zero-order valence-corrected chi connectivity index (χ0v) is 23.3. The van der Waals surface area contributed by atoms with E-state index in [1.807, 2.05) is 24.4 Å². The molecule has 0 spiro atoms. The Morgan fingerprint density at radius 2 is 1.45 bits per heavy atom. The van der Waals surface area contributed by atoms with Crippen LogP contribution in [0.5, 0.6) is 11.5 Å². The van der Waals surface area contributed by atoms with E-state index in [1.165, 1.54) is 22.3 Å². The van der Waals surface area contributed by atoms with Gasteiger partial charge in [-0.25, -0.2) is 4.98 Å². The number of fused-ring (bicyclic) bond motifs is 4. The first-order chi connectivity index (χ1) is 19.4. The highest BCUT2D eigenvalue weighted by Gasteiger charge is 2.26. The van der Waals surface area contributed by atoms with Crippen molar-refractivity contribution in [1.82, 2.24) is 9.55 Å². The summed E-state index contributed by atoms with van der Waals surface area (Å²) in [5, 5.41) is 2.32. The van der Waals surface area contributed by atoms with Crippen molar-refractivity contribution in [1.29, 1.82) is 0 Å². The minimum atomic E-state index is -0.0284. The normalized spacial score (nSPS) is 13.3. The van der Waals surface area contributed by atoms with Crippen LogP contribution in [0.4, 0.5) is 17.1 Å². The monoisotopic (exact) mass is 524 g/mol. The number of aromatic nitrogens is 2. The lowest BCUT2D eigenvalue weighted by atomic mass is 9.86. The molecule has 2 aromatic heterocycles. The zero-order chi connectivity index (χ0) is 27.4. The first kappa shape index (κ1) is 24.3. The Hall–Kier alpha value is -4.77. The second-order valence-corrected chi connectivity index (χ2v) is 11.5. The number of anilines is 3. The van der Waals surface area contributed by atoms with E-state index in [0.29, 0.717) is 0 Å². The van der Waals surface area contributed by atoms with Crippen LogP contribution in [0.15, 0.2) is 109 Å². The van der Waals surface area contributed by atoms with Gasteiger partial charge in [-0.05, 0) is 71.6 Å². The molecule has 3 heterocycles. The molecule has 0 N–H and O–H groups in total. The molecule has 0 aliphatic carbocycles. The highest BCUT2D eigenvalue weighted by molar-refractivity contribution is 6.09. The summed E-state index contributed by atoms with van der Waals surface area (Å²) in [6.07, 6.45) is 1.84. The number of nitrogens with zero attached hydrogens (tertiary/aromatic N) is 4. The smallest absolute Gasteiger partial charge is 0.137 e. The molecule has 198 valence electrons. The molecular weight excluding hydrogens is 492 g/mol. The zero-order valence-electron chi connectivity index (χ0n) is 23.3. The first-order valence-electron chi connectivity index (χ1n) is 13.7. The predicted octanol–water partition coefficient (Wildman–Crippen LogP) is 8.81. The van der Waals surface area contributed by atoms with Crippen LogP contribution in [0, 0.1) is 0 Å². The van der Waals surface area contributed by atoms with E-state index in [2.05, 4.69) is 132 Å². The van der Waals surface area contributed by atoms with Gasteiger partial charge in [0.2, 0.25) is 0 Å². The Bertz CT molecular complexity index is 1870. The summed E-state index contributed by atoms with van der Waals surface area (Å²) in [5.41, 5.74) is 7.02. The maximum absolute atomic E-state index is 6.64. The lowest BCUT2D eigenvalue weighted by Gasteiger charge is -2.25. The maximum atomic E-state index is 6.64. The van der Waals surface area contributed by atoms with Crippen molar-refractivity contribution in [3.05, 3.63) is 115 Å². The van der Waals surface area contributed by atoms with Gasteiger partial charge in [0.15, 0.2) is 0 Å². The van der Waals surface area contributed by atoms with Gasteiger partial charge in [0.05, 0.1) is 29.1 Å². The van der Waals surface area contributed by atoms with Crippen LogP contribution in [-0.2, 0) is 5.41 Å². The molecular formula is C35H32N4O. The van der Waals surface area contributed by atoms with Crippen molar-refractivity contribution >= 4 is 38.9 Å². The molecule has 7 rings (SSSR count). The second kappa shape index (κ2) is 9.16. The lowest BCUT2D eigenvalue weighted by molar-refractivity contribution is 0.479. The molecule has 0 radical (unpaired) electrons. The summed E-state index contributed by atoms with van der Waals surface area (Å²) in [5.74, 6) is 2.55. The fourth-order valence-corrected chi connectivity index (χ4v) is 5.72. The Labute approximate surface area is 234 Å². The fourth-order valence-electron chi connectivity index (χ4n) is 5.72. The third-order valence-electron chi connectivity index (χ3n) is 7.76. The number of para-hydroxylation sites is 3. The molecule has 0 saturated carbocycles. The van der Waals surface area contributed by atoms with Crippen LogP contribution in [0.3, 0.4) is 0 Å². The van der Waals surface area contributed by atoms with Crippen molar-refractivity contribution < 1.29 is 4.74 Å². The van der Waals surface area contributed by atoms with Gasteiger partial charge < -0.3 is 14.5 Å². The van der Waals surface area contributed by atoms with Gasteiger partial charge in [-0.2, -0.15) is 0 Å². The summed E-state index contributed by atoms with van der Waals surface area (Å²) < 4.78 is 8.85. The number of hydrogen-bond acceptors (Lipinski definition) is 4. The summed E-state index contributed by atoms with van der Waals surface area (Å²) >= 11 is 0. The highest BCUT2D eigenvalue weighted by Crippen LogP contribution is 2.43. The summed E-state index contributed by atoms with van der Waals surface area (Å²) in [4.78, 5) is 9.28. The molecule has 0 unspecified atom stereocenters. The van der Waals surface area contributed by atoms with Crippen LogP contribution in [0.1, 0.15) is 26.3 Å². The average molecular weight is 525 g/mol. The number of benzene rings is 4. The third kappa shape index (κ3) is 4.06. The van der Waals surface area contributed by atoms with E-state index in [4.69, 9.17) is 4.74 Å². The number of pyridine rings is 1. The SMILES string of the molecule is CN1CN(c2cc(Oc3ccc4c(c3)c3ccccc3n4-c3ccccn3)cc(C(C)(C)C)c2)c2ccccc21. The third-order valence-corrected chi connectivity index (χ3v) is 7.76. The average Bonchev–Trinajstić information content (AvgIpc) is 3.48. The molecule has 4 aromatic carbocycles. The first-order valence-corrected chi connectivity index (χ1v) is 13.7. The van der Waals surface area contributed by atoms with Crippen LogP contribution < -0.4 is 14.5 Å². The standard InChI is InChI=1S/C35H32N4O/c1-35(2,3)24-19-25(38-23-37(4)32-13-7-8-14-33(32)38)21-27(20-24)40-26-16-17-31-29(22-26)28-11-5-6-12-30(28)39(31)34-15-9-10-18-36-34/h5-22H,23H2,1-4H3. The van der Waals surface area contributed by atoms with E-state index in [1.54, 1.807) is 0 Å². The van der Waals surface area contributed by atoms with E-state index in [9.17, 15) is 0 Å². The number of ether oxygens (including phenoxy) is 1. The molecule has 0 saturated heterocycles. The lowest BCUT2D eigenvalue weighted by Crippen LogP contribution is -2.24. The van der Waals surface area contributed by atoms with Gasteiger partial charge in [-0.1, -0.05) is 57.2 Å². The van der Waals surface area contributed by atoms with Crippen molar-refractivity contribution in [2.24, 2.45) is 0 Å². The molecule has 1 aliphatic heterocycles. The molecule has 0 atom stereocenters. The maximum Gasteiger partial charge on any atom is 0.137 e. The molecule has 0 amide bonds. The number of hydrogen-bond donors (Lipinski definition) is 0. The molecule has 1 aliphatic rings. The van der Waals surface area contributed by atoms with Crippen LogP contribution in [-0.4, -0.2) is 23.3 Å². The van der Waals surface area contributed by atoms with E-state index in [0.717, 1.165) is 46.1 Å². The van der Waals surface area contributed by atoms with Crippen molar-refractivity contribution in [2.75, 3.05) is 23.5 Å². The van der Waals surface area contributed by atoms with Crippen molar-refractivity contribution in [2.45, 2.75) is 26.2 Å². The van der Waals surface area contributed by atoms with Gasteiger partial charge in [-0.3, -0.25) is 4.57 Å². The number of rotatable bonds is 4. The van der Waals surface area contributed by atoms with E-state index < -0.39 is 0 Å².